The van der Waals surface area contributed by atoms with E-state index >= 15 is 0 Å². The van der Waals surface area contributed by atoms with Gasteiger partial charge in [-0.1, -0.05) is 26.0 Å². The molecule has 0 amide bonds. The Labute approximate surface area is 101 Å². The van der Waals surface area contributed by atoms with Gasteiger partial charge in [0.05, 0.1) is 0 Å². The van der Waals surface area contributed by atoms with Crippen molar-refractivity contribution in [3.8, 4) is 0 Å². The molecule has 88 valence electrons. The summed E-state index contributed by atoms with van der Waals surface area (Å²) in [5.41, 5.74) is 1.14. The largest absolute Gasteiger partial charge is 0.308 e. The summed E-state index contributed by atoms with van der Waals surface area (Å²) in [5.74, 6) is 0.949. The zero-order valence-corrected chi connectivity index (χ0v) is 10.6. The highest BCUT2D eigenvalue weighted by Crippen LogP contribution is 2.36. The van der Waals surface area contributed by atoms with Crippen molar-refractivity contribution in [1.29, 1.82) is 0 Å². The SMILES string of the molecule is CC(C)NC1CCCSc2c(F)cccc21. The fourth-order valence-corrected chi connectivity index (χ4v) is 3.24. The summed E-state index contributed by atoms with van der Waals surface area (Å²) in [6.45, 7) is 4.27. The minimum atomic E-state index is -0.0695. The Hall–Kier alpha value is -0.540. The number of nitrogens with one attached hydrogen (secondary N) is 1. The molecule has 3 heteroatoms. The predicted molar refractivity (Wildman–Crippen MR) is 67.4 cm³/mol. The summed E-state index contributed by atoms with van der Waals surface area (Å²) in [6, 6.07) is 6.17. The van der Waals surface area contributed by atoms with Crippen molar-refractivity contribution < 1.29 is 4.39 Å². The molecule has 1 atom stereocenters. The highest BCUT2D eigenvalue weighted by molar-refractivity contribution is 7.99. The van der Waals surface area contributed by atoms with E-state index in [0.717, 1.165) is 29.1 Å². The third-order valence-corrected chi connectivity index (χ3v) is 4.00. The van der Waals surface area contributed by atoms with Gasteiger partial charge in [-0.05, 0) is 30.2 Å². The van der Waals surface area contributed by atoms with Gasteiger partial charge in [-0.25, -0.2) is 4.39 Å². The average molecular weight is 239 g/mol. The van der Waals surface area contributed by atoms with Crippen LogP contribution in [0.15, 0.2) is 23.1 Å². The summed E-state index contributed by atoms with van der Waals surface area (Å²) < 4.78 is 13.7. The van der Waals surface area contributed by atoms with Gasteiger partial charge in [-0.15, -0.1) is 11.8 Å². The third-order valence-electron chi connectivity index (χ3n) is 2.79. The van der Waals surface area contributed by atoms with Crippen molar-refractivity contribution in [2.45, 2.75) is 43.7 Å². The first-order valence-electron chi connectivity index (χ1n) is 5.85. The molecule has 0 aliphatic carbocycles. The summed E-state index contributed by atoms with van der Waals surface area (Å²) in [5, 5.41) is 3.53. The normalized spacial score (nSPS) is 20.6. The Morgan fingerprint density at radius 3 is 3.00 bits per heavy atom. The second-order valence-corrected chi connectivity index (χ2v) is 5.63. The van der Waals surface area contributed by atoms with Crippen LogP contribution < -0.4 is 5.32 Å². The first-order valence-corrected chi connectivity index (χ1v) is 6.84. The molecule has 16 heavy (non-hydrogen) atoms. The molecule has 0 spiro atoms. The monoisotopic (exact) mass is 239 g/mol. The molecule has 1 aromatic rings. The first-order chi connectivity index (χ1) is 7.68. The smallest absolute Gasteiger partial charge is 0.137 e. The van der Waals surface area contributed by atoms with Crippen LogP contribution in [-0.4, -0.2) is 11.8 Å². The number of halogens is 1. The molecular weight excluding hydrogens is 221 g/mol. The van der Waals surface area contributed by atoms with E-state index in [2.05, 4.69) is 25.2 Å². The first kappa shape index (κ1) is 11.9. The summed E-state index contributed by atoms with van der Waals surface area (Å²) >= 11 is 1.65. The summed E-state index contributed by atoms with van der Waals surface area (Å²) in [6.07, 6.45) is 2.24. The van der Waals surface area contributed by atoms with E-state index in [0.29, 0.717) is 12.1 Å². The minimum absolute atomic E-state index is 0.0695. The molecule has 0 fully saturated rings. The van der Waals surface area contributed by atoms with E-state index in [1.165, 1.54) is 0 Å². The summed E-state index contributed by atoms with van der Waals surface area (Å²) in [7, 11) is 0. The van der Waals surface area contributed by atoms with Crippen LogP contribution in [0.2, 0.25) is 0 Å². The zero-order valence-electron chi connectivity index (χ0n) is 9.79. The maximum atomic E-state index is 13.7. The number of hydrogen-bond donors (Lipinski definition) is 1. The second kappa shape index (κ2) is 5.19. The number of thioether (sulfide) groups is 1. The lowest BCUT2D eigenvalue weighted by molar-refractivity contribution is 0.443. The van der Waals surface area contributed by atoms with Gasteiger partial charge in [-0.2, -0.15) is 0 Å². The molecule has 1 unspecified atom stereocenters. The molecule has 1 aliphatic heterocycles. The van der Waals surface area contributed by atoms with Crippen LogP contribution in [0, 0.1) is 5.82 Å². The molecule has 2 rings (SSSR count). The van der Waals surface area contributed by atoms with Crippen LogP contribution in [0.4, 0.5) is 4.39 Å². The molecule has 0 radical (unpaired) electrons. The molecule has 1 nitrogen and oxygen atoms in total. The fraction of sp³-hybridized carbons (Fsp3) is 0.538. The Bertz CT molecular complexity index is 365. The lowest BCUT2D eigenvalue weighted by atomic mass is 10.0. The van der Waals surface area contributed by atoms with Crippen molar-refractivity contribution in [2.75, 3.05) is 5.75 Å². The molecule has 1 N–H and O–H groups in total. The average Bonchev–Trinajstić information content (AvgIpc) is 2.42. The maximum Gasteiger partial charge on any atom is 0.137 e. The Morgan fingerprint density at radius 1 is 1.44 bits per heavy atom. The van der Waals surface area contributed by atoms with E-state index < -0.39 is 0 Å². The lowest BCUT2D eigenvalue weighted by Gasteiger charge is -2.21. The van der Waals surface area contributed by atoms with Crippen LogP contribution in [-0.2, 0) is 0 Å². The molecule has 1 aromatic carbocycles. The van der Waals surface area contributed by atoms with Crippen molar-refractivity contribution >= 4 is 11.8 Å². The fourth-order valence-electron chi connectivity index (χ4n) is 2.14. The maximum absolute atomic E-state index is 13.7. The van der Waals surface area contributed by atoms with Gasteiger partial charge >= 0.3 is 0 Å². The van der Waals surface area contributed by atoms with Gasteiger partial charge in [0.1, 0.15) is 5.82 Å². The van der Waals surface area contributed by atoms with E-state index in [9.17, 15) is 4.39 Å². The Kier molecular flexibility index (Phi) is 3.87. The van der Waals surface area contributed by atoms with E-state index in [-0.39, 0.29) is 5.82 Å². The molecule has 1 heterocycles. The number of benzene rings is 1. The van der Waals surface area contributed by atoms with Crippen molar-refractivity contribution in [1.82, 2.24) is 5.32 Å². The zero-order chi connectivity index (χ0) is 11.5. The van der Waals surface area contributed by atoms with Crippen LogP contribution in [0.25, 0.3) is 0 Å². The predicted octanol–water partition coefficient (Wildman–Crippen LogP) is 3.75. The molecule has 1 aliphatic rings. The van der Waals surface area contributed by atoms with Gasteiger partial charge in [0.25, 0.3) is 0 Å². The Balaban J connectivity index is 2.33. The second-order valence-electron chi connectivity index (χ2n) is 4.52. The molecule has 0 saturated carbocycles. The third kappa shape index (κ3) is 2.58. The van der Waals surface area contributed by atoms with Crippen molar-refractivity contribution in [3.05, 3.63) is 29.6 Å². The van der Waals surface area contributed by atoms with Gasteiger partial charge in [-0.3, -0.25) is 0 Å². The van der Waals surface area contributed by atoms with Crippen molar-refractivity contribution in [2.24, 2.45) is 0 Å². The minimum Gasteiger partial charge on any atom is -0.308 e. The quantitative estimate of drug-likeness (QED) is 0.843. The standard InChI is InChI=1S/C13H18FNS/c1-9(2)15-12-7-4-8-16-13-10(12)5-3-6-11(13)14/h3,5-6,9,12,15H,4,7-8H2,1-2H3. The highest BCUT2D eigenvalue weighted by atomic mass is 32.2. The highest BCUT2D eigenvalue weighted by Gasteiger charge is 2.21. The van der Waals surface area contributed by atoms with Gasteiger partial charge < -0.3 is 5.32 Å². The van der Waals surface area contributed by atoms with Crippen LogP contribution in [0.3, 0.4) is 0 Å². The number of rotatable bonds is 2. The van der Waals surface area contributed by atoms with E-state index in [1.54, 1.807) is 17.8 Å². The molecule has 0 bridgehead atoms. The lowest BCUT2D eigenvalue weighted by Crippen LogP contribution is -2.28. The summed E-state index contributed by atoms with van der Waals surface area (Å²) in [4.78, 5) is 0.846. The van der Waals surface area contributed by atoms with Gasteiger partial charge in [0, 0.05) is 17.0 Å². The number of hydrogen-bond acceptors (Lipinski definition) is 2. The van der Waals surface area contributed by atoms with E-state index in [4.69, 9.17) is 0 Å². The van der Waals surface area contributed by atoms with Crippen LogP contribution in [0.5, 0.6) is 0 Å². The molecule has 0 saturated heterocycles. The number of fused-ring (bicyclic) bond motifs is 1. The van der Waals surface area contributed by atoms with Crippen LogP contribution >= 0.6 is 11.8 Å². The topological polar surface area (TPSA) is 12.0 Å². The van der Waals surface area contributed by atoms with Gasteiger partial charge in [0.2, 0.25) is 0 Å². The van der Waals surface area contributed by atoms with E-state index in [1.807, 2.05) is 6.07 Å². The molecule has 0 aromatic heterocycles. The Morgan fingerprint density at radius 2 is 2.25 bits per heavy atom. The van der Waals surface area contributed by atoms with Gasteiger partial charge in [0.15, 0.2) is 0 Å². The molecular formula is C13H18FNS. The van der Waals surface area contributed by atoms with Crippen molar-refractivity contribution in [3.63, 3.8) is 0 Å². The van der Waals surface area contributed by atoms with Crippen LogP contribution in [0.1, 0.15) is 38.3 Å².